The third-order valence-corrected chi connectivity index (χ3v) is 4.80. The van der Waals surface area contributed by atoms with Gasteiger partial charge in [0.1, 0.15) is 0 Å². The van der Waals surface area contributed by atoms with E-state index >= 15 is 0 Å². The summed E-state index contributed by atoms with van der Waals surface area (Å²) in [6.07, 6.45) is 0. The van der Waals surface area contributed by atoms with Crippen LogP contribution in [0.1, 0.15) is 44.2 Å². The second-order valence-electron chi connectivity index (χ2n) is 5.42. The Kier molecular flexibility index (Phi) is 5.17. The Balaban J connectivity index is 2.98. The van der Waals surface area contributed by atoms with Crippen LogP contribution in [0.2, 0.25) is 0 Å². The summed E-state index contributed by atoms with van der Waals surface area (Å²) in [6, 6.07) is 3.20. The maximum Gasteiger partial charge on any atom is 0.0593 e. The predicted octanol–water partition coefficient (Wildman–Crippen LogP) is 3.42. The smallest absolute Gasteiger partial charge is 0.0593 e. The van der Waals surface area contributed by atoms with E-state index in [0.717, 1.165) is 0 Å². The second-order valence-corrected chi connectivity index (χ2v) is 6.37. The molecule has 1 rings (SSSR count). The molecule has 0 saturated carbocycles. The van der Waals surface area contributed by atoms with Crippen LogP contribution in [-0.2, 0) is 0 Å². The molecule has 3 heteroatoms. The van der Waals surface area contributed by atoms with Crippen LogP contribution in [0.5, 0.6) is 0 Å². The summed E-state index contributed by atoms with van der Waals surface area (Å²) in [5.41, 5.74) is 7.56. The highest BCUT2D eigenvalue weighted by Gasteiger charge is 2.28. The molecule has 0 aliphatic carbocycles. The van der Waals surface area contributed by atoms with Gasteiger partial charge in [0, 0.05) is 17.0 Å². The van der Waals surface area contributed by atoms with E-state index < -0.39 is 0 Å². The molecule has 1 aromatic heterocycles. The topological polar surface area (TPSA) is 29.3 Å². The molecule has 0 fully saturated rings. The van der Waals surface area contributed by atoms with E-state index in [0.29, 0.717) is 18.0 Å². The first-order valence-electron chi connectivity index (χ1n) is 6.37. The van der Waals surface area contributed by atoms with Gasteiger partial charge in [-0.3, -0.25) is 4.90 Å². The number of hydrogen-bond donors (Lipinski definition) is 1. The standard InChI is InChI=1S/C14H26N2S/c1-9(2)12(5)16(6)13(11(4)15)14-10(3)7-8-17-14/h7-9,11-13H,15H2,1-6H3. The molecule has 2 N–H and O–H groups in total. The summed E-state index contributed by atoms with van der Waals surface area (Å²) in [7, 11) is 2.19. The van der Waals surface area contributed by atoms with Crippen LogP contribution in [0.3, 0.4) is 0 Å². The van der Waals surface area contributed by atoms with Gasteiger partial charge in [-0.2, -0.15) is 0 Å². The van der Waals surface area contributed by atoms with Crippen molar-refractivity contribution in [2.24, 2.45) is 11.7 Å². The highest BCUT2D eigenvalue weighted by Crippen LogP contribution is 2.32. The zero-order chi connectivity index (χ0) is 13.2. The Morgan fingerprint density at radius 2 is 1.82 bits per heavy atom. The van der Waals surface area contributed by atoms with Gasteiger partial charge in [0.2, 0.25) is 0 Å². The van der Waals surface area contributed by atoms with E-state index in [2.05, 4.69) is 58.0 Å². The molecule has 1 heterocycles. The largest absolute Gasteiger partial charge is 0.326 e. The van der Waals surface area contributed by atoms with Crippen molar-refractivity contribution in [3.8, 4) is 0 Å². The van der Waals surface area contributed by atoms with Gasteiger partial charge in [0.05, 0.1) is 6.04 Å². The van der Waals surface area contributed by atoms with E-state index in [9.17, 15) is 0 Å². The van der Waals surface area contributed by atoms with Gasteiger partial charge in [0.15, 0.2) is 0 Å². The molecule has 0 amide bonds. The fourth-order valence-electron chi connectivity index (χ4n) is 2.21. The van der Waals surface area contributed by atoms with Gasteiger partial charge in [-0.25, -0.2) is 0 Å². The highest BCUT2D eigenvalue weighted by molar-refractivity contribution is 7.10. The number of aryl methyl sites for hydroxylation is 1. The predicted molar refractivity (Wildman–Crippen MR) is 77.5 cm³/mol. The number of likely N-dealkylation sites (N-methyl/N-ethyl adjacent to an activating group) is 1. The molecule has 2 nitrogen and oxygen atoms in total. The lowest BCUT2D eigenvalue weighted by Gasteiger charge is -2.37. The van der Waals surface area contributed by atoms with Crippen LogP contribution in [0, 0.1) is 12.8 Å². The monoisotopic (exact) mass is 254 g/mol. The summed E-state index contributed by atoms with van der Waals surface area (Å²) >= 11 is 1.82. The molecule has 98 valence electrons. The lowest BCUT2D eigenvalue weighted by Crippen LogP contribution is -2.43. The van der Waals surface area contributed by atoms with Crippen molar-refractivity contribution >= 4 is 11.3 Å². The second kappa shape index (κ2) is 5.98. The summed E-state index contributed by atoms with van der Waals surface area (Å²) in [5, 5.41) is 2.16. The summed E-state index contributed by atoms with van der Waals surface area (Å²) in [6.45, 7) is 11.1. The van der Waals surface area contributed by atoms with Crippen molar-refractivity contribution in [1.82, 2.24) is 4.90 Å². The SMILES string of the molecule is Cc1ccsc1C(C(C)N)N(C)C(C)C(C)C. The molecule has 0 aliphatic rings. The molecule has 0 aliphatic heterocycles. The van der Waals surface area contributed by atoms with Crippen molar-refractivity contribution in [3.05, 3.63) is 21.9 Å². The van der Waals surface area contributed by atoms with Crippen molar-refractivity contribution in [2.75, 3.05) is 7.05 Å². The van der Waals surface area contributed by atoms with Gasteiger partial charge in [0.25, 0.3) is 0 Å². The summed E-state index contributed by atoms with van der Waals surface area (Å²) < 4.78 is 0. The van der Waals surface area contributed by atoms with Gasteiger partial charge >= 0.3 is 0 Å². The molecular weight excluding hydrogens is 228 g/mol. The third-order valence-electron chi connectivity index (χ3n) is 3.71. The molecule has 0 aromatic carbocycles. The normalized spacial score (nSPS) is 17.5. The van der Waals surface area contributed by atoms with Gasteiger partial charge in [-0.05, 0) is 50.7 Å². The Hall–Kier alpha value is -0.380. The minimum atomic E-state index is 0.151. The average molecular weight is 254 g/mol. The molecule has 0 saturated heterocycles. The number of hydrogen-bond acceptors (Lipinski definition) is 3. The lowest BCUT2D eigenvalue weighted by atomic mass is 9.98. The summed E-state index contributed by atoms with van der Waals surface area (Å²) in [4.78, 5) is 3.84. The number of rotatable bonds is 5. The zero-order valence-electron chi connectivity index (χ0n) is 11.9. The Bertz CT molecular complexity index is 344. The maximum atomic E-state index is 6.20. The van der Waals surface area contributed by atoms with Crippen LogP contribution in [0.25, 0.3) is 0 Å². The fraction of sp³-hybridized carbons (Fsp3) is 0.714. The molecule has 3 unspecified atom stereocenters. The van der Waals surface area contributed by atoms with Crippen molar-refractivity contribution in [1.29, 1.82) is 0 Å². The number of thiophene rings is 1. The first-order valence-corrected chi connectivity index (χ1v) is 7.25. The maximum absolute atomic E-state index is 6.20. The fourth-order valence-corrected chi connectivity index (χ4v) is 3.40. The van der Waals surface area contributed by atoms with Crippen LogP contribution >= 0.6 is 11.3 Å². The van der Waals surface area contributed by atoms with Crippen LogP contribution in [0.4, 0.5) is 0 Å². The van der Waals surface area contributed by atoms with Crippen LogP contribution in [0.15, 0.2) is 11.4 Å². The van der Waals surface area contributed by atoms with Crippen LogP contribution < -0.4 is 5.73 Å². The van der Waals surface area contributed by atoms with Gasteiger partial charge in [-0.15, -0.1) is 11.3 Å². The molecule has 1 aromatic rings. The Morgan fingerprint density at radius 3 is 2.18 bits per heavy atom. The minimum absolute atomic E-state index is 0.151. The van der Waals surface area contributed by atoms with E-state index in [4.69, 9.17) is 5.73 Å². The molecular formula is C14H26N2S. The minimum Gasteiger partial charge on any atom is -0.326 e. The van der Waals surface area contributed by atoms with Crippen molar-refractivity contribution < 1.29 is 0 Å². The average Bonchev–Trinajstić information content (AvgIpc) is 2.63. The number of nitrogens with two attached hydrogens (primary N) is 1. The van der Waals surface area contributed by atoms with Gasteiger partial charge in [-0.1, -0.05) is 13.8 Å². The van der Waals surface area contributed by atoms with E-state index in [1.54, 1.807) is 0 Å². The van der Waals surface area contributed by atoms with Gasteiger partial charge < -0.3 is 5.73 Å². The molecule has 0 spiro atoms. The summed E-state index contributed by atoms with van der Waals surface area (Å²) in [5.74, 6) is 0.640. The Labute approximate surface area is 110 Å². The molecule has 3 atom stereocenters. The van der Waals surface area contributed by atoms with Crippen LogP contribution in [-0.4, -0.2) is 24.0 Å². The highest BCUT2D eigenvalue weighted by atomic mass is 32.1. The lowest BCUT2D eigenvalue weighted by molar-refractivity contribution is 0.134. The Morgan fingerprint density at radius 1 is 1.24 bits per heavy atom. The number of nitrogens with zero attached hydrogens (tertiary/aromatic N) is 1. The van der Waals surface area contributed by atoms with E-state index in [1.807, 2.05) is 11.3 Å². The molecule has 0 radical (unpaired) electrons. The molecule has 17 heavy (non-hydrogen) atoms. The third kappa shape index (κ3) is 3.30. The quantitative estimate of drug-likeness (QED) is 0.872. The first kappa shape index (κ1) is 14.7. The van der Waals surface area contributed by atoms with E-state index in [-0.39, 0.29) is 6.04 Å². The van der Waals surface area contributed by atoms with Crippen molar-refractivity contribution in [2.45, 2.75) is 52.7 Å². The van der Waals surface area contributed by atoms with Crippen molar-refractivity contribution in [3.63, 3.8) is 0 Å². The zero-order valence-corrected chi connectivity index (χ0v) is 12.7. The van der Waals surface area contributed by atoms with E-state index in [1.165, 1.54) is 10.4 Å². The molecule has 0 bridgehead atoms. The first-order chi connectivity index (χ1) is 7.86.